The van der Waals surface area contributed by atoms with E-state index in [9.17, 15) is 4.79 Å². The van der Waals surface area contributed by atoms with E-state index >= 15 is 0 Å². The van der Waals surface area contributed by atoms with Crippen molar-refractivity contribution in [2.75, 3.05) is 7.11 Å². The monoisotopic (exact) mass is 263 g/mol. The number of pyridine rings is 1. The van der Waals surface area contributed by atoms with Crippen LogP contribution in [0.2, 0.25) is 5.15 Å². The van der Waals surface area contributed by atoms with Crippen molar-refractivity contribution in [2.24, 2.45) is 0 Å². The SMILES string of the molecule is COC(=O)c1ccc(Oc2cccc(Cl)n2)cc1. The molecule has 5 heteroatoms. The molecule has 0 saturated carbocycles. The number of esters is 1. The first-order valence-electron chi connectivity index (χ1n) is 5.18. The fourth-order valence-corrected chi connectivity index (χ4v) is 1.50. The van der Waals surface area contributed by atoms with E-state index < -0.39 is 0 Å². The number of carbonyl (C=O) groups excluding carboxylic acids is 1. The van der Waals surface area contributed by atoms with Crippen LogP contribution in [0.15, 0.2) is 42.5 Å². The normalized spacial score (nSPS) is 9.89. The number of rotatable bonds is 3. The molecule has 4 nitrogen and oxygen atoms in total. The van der Waals surface area contributed by atoms with Gasteiger partial charge in [0, 0.05) is 6.07 Å². The molecule has 0 unspecified atom stereocenters. The highest BCUT2D eigenvalue weighted by molar-refractivity contribution is 6.29. The average Bonchev–Trinajstić information content (AvgIpc) is 2.39. The Hall–Kier alpha value is -2.07. The van der Waals surface area contributed by atoms with Crippen molar-refractivity contribution in [3.05, 3.63) is 53.2 Å². The van der Waals surface area contributed by atoms with Crippen molar-refractivity contribution >= 4 is 17.6 Å². The molecule has 1 heterocycles. The lowest BCUT2D eigenvalue weighted by atomic mass is 10.2. The van der Waals surface area contributed by atoms with Crippen LogP contribution >= 0.6 is 11.6 Å². The number of benzene rings is 1. The molecular weight excluding hydrogens is 254 g/mol. The molecule has 0 aliphatic carbocycles. The molecule has 0 saturated heterocycles. The number of methoxy groups -OCH3 is 1. The largest absolute Gasteiger partial charge is 0.465 e. The zero-order chi connectivity index (χ0) is 13.0. The minimum Gasteiger partial charge on any atom is -0.465 e. The van der Waals surface area contributed by atoms with Crippen LogP contribution in [0, 0.1) is 0 Å². The Bertz CT molecular complexity index is 554. The summed E-state index contributed by atoms with van der Waals surface area (Å²) >= 11 is 5.74. The van der Waals surface area contributed by atoms with Gasteiger partial charge in [0.2, 0.25) is 5.88 Å². The first-order valence-corrected chi connectivity index (χ1v) is 5.55. The van der Waals surface area contributed by atoms with Crippen LogP contribution in [0.5, 0.6) is 11.6 Å². The summed E-state index contributed by atoms with van der Waals surface area (Å²) < 4.78 is 10.1. The van der Waals surface area contributed by atoms with E-state index in [1.165, 1.54) is 7.11 Å². The molecule has 0 bridgehead atoms. The predicted octanol–water partition coefficient (Wildman–Crippen LogP) is 3.31. The summed E-state index contributed by atoms with van der Waals surface area (Å²) in [6, 6.07) is 11.7. The van der Waals surface area contributed by atoms with Crippen LogP contribution < -0.4 is 4.74 Å². The molecule has 0 aliphatic heterocycles. The molecule has 0 fully saturated rings. The van der Waals surface area contributed by atoms with Crippen molar-refractivity contribution in [3.8, 4) is 11.6 Å². The van der Waals surface area contributed by atoms with Crippen LogP contribution in [0.4, 0.5) is 0 Å². The molecule has 18 heavy (non-hydrogen) atoms. The van der Waals surface area contributed by atoms with Gasteiger partial charge < -0.3 is 9.47 Å². The van der Waals surface area contributed by atoms with Crippen LogP contribution in [0.25, 0.3) is 0 Å². The average molecular weight is 264 g/mol. The van der Waals surface area contributed by atoms with Gasteiger partial charge in [0.1, 0.15) is 10.9 Å². The Morgan fingerprint density at radius 2 is 1.89 bits per heavy atom. The predicted molar refractivity (Wildman–Crippen MR) is 67.1 cm³/mol. The molecule has 2 rings (SSSR count). The maximum atomic E-state index is 11.2. The molecule has 1 aromatic heterocycles. The second-order valence-electron chi connectivity index (χ2n) is 3.42. The minimum atomic E-state index is -0.387. The van der Waals surface area contributed by atoms with E-state index in [1.54, 1.807) is 42.5 Å². The van der Waals surface area contributed by atoms with E-state index in [0.29, 0.717) is 22.3 Å². The van der Waals surface area contributed by atoms with E-state index in [4.69, 9.17) is 16.3 Å². The maximum absolute atomic E-state index is 11.2. The standard InChI is InChI=1S/C13H10ClNO3/c1-17-13(16)9-5-7-10(8-6-9)18-12-4-2-3-11(14)15-12/h2-8H,1H3. The Balaban J connectivity index is 2.13. The van der Waals surface area contributed by atoms with Gasteiger partial charge >= 0.3 is 5.97 Å². The number of aromatic nitrogens is 1. The molecule has 0 radical (unpaired) electrons. The summed E-state index contributed by atoms with van der Waals surface area (Å²) in [5.74, 6) is 0.577. The second-order valence-corrected chi connectivity index (χ2v) is 3.80. The Morgan fingerprint density at radius 1 is 1.17 bits per heavy atom. The van der Waals surface area contributed by atoms with Gasteiger partial charge in [0.25, 0.3) is 0 Å². The van der Waals surface area contributed by atoms with Crippen molar-refractivity contribution in [1.82, 2.24) is 4.98 Å². The van der Waals surface area contributed by atoms with Gasteiger partial charge in [0.05, 0.1) is 12.7 Å². The first kappa shape index (κ1) is 12.4. The summed E-state index contributed by atoms with van der Waals surface area (Å²) in [6.07, 6.45) is 0. The number of carbonyl (C=O) groups is 1. The second kappa shape index (κ2) is 5.51. The Kier molecular flexibility index (Phi) is 3.79. The van der Waals surface area contributed by atoms with E-state index in [1.807, 2.05) is 0 Å². The van der Waals surface area contributed by atoms with Crippen molar-refractivity contribution < 1.29 is 14.3 Å². The van der Waals surface area contributed by atoms with E-state index in [-0.39, 0.29) is 5.97 Å². The van der Waals surface area contributed by atoms with Gasteiger partial charge in [-0.05, 0) is 30.3 Å². The molecule has 0 aliphatic rings. The third kappa shape index (κ3) is 2.99. The maximum Gasteiger partial charge on any atom is 0.337 e. The number of ether oxygens (including phenoxy) is 2. The molecule has 92 valence electrons. The van der Waals surface area contributed by atoms with Crippen LogP contribution in [0.1, 0.15) is 10.4 Å². The van der Waals surface area contributed by atoms with Gasteiger partial charge in [-0.25, -0.2) is 9.78 Å². The molecule has 1 aromatic carbocycles. The zero-order valence-electron chi connectivity index (χ0n) is 9.59. The quantitative estimate of drug-likeness (QED) is 0.630. The van der Waals surface area contributed by atoms with Gasteiger partial charge in [-0.1, -0.05) is 17.7 Å². The number of hydrogen-bond donors (Lipinski definition) is 0. The van der Waals surface area contributed by atoms with Gasteiger partial charge in [-0.15, -0.1) is 0 Å². The molecule has 2 aromatic rings. The molecule has 0 atom stereocenters. The number of halogens is 1. The van der Waals surface area contributed by atoms with Crippen LogP contribution in [-0.2, 0) is 4.74 Å². The molecule has 0 amide bonds. The highest BCUT2D eigenvalue weighted by atomic mass is 35.5. The van der Waals surface area contributed by atoms with Crippen LogP contribution in [0.3, 0.4) is 0 Å². The summed E-state index contributed by atoms with van der Waals surface area (Å²) in [5, 5.41) is 0.360. The first-order chi connectivity index (χ1) is 8.69. The fraction of sp³-hybridized carbons (Fsp3) is 0.0769. The van der Waals surface area contributed by atoms with Gasteiger partial charge in [-0.2, -0.15) is 0 Å². The topological polar surface area (TPSA) is 48.4 Å². The summed E-state index contributed by atoms with van der Waals surface area (Å²) in [7, 11) is 1.34. The highest BCUT2D eigenvalue weighted by Gasteiger charge is 2.05. The van der Waals surface area contributed by atoms with Crippen molar-refractivity contribution in [2.45, 2.75) is 0 Å². The number of nitrogens with zero attached hydrogens (tertiary/aromatic N) is 1. The molecule has 0 spiro atoms. The fourth-order valence-electron chi connectivity index (χ4n) is 1.34. The lowest BCUT2D eigenvalue weighted by molar-refractivity contribution is 0.0600. The number of hydrogen-bond acceptors (Lipinski definition) is 4. The molecule has 0 N–H and O–H groups in total. The Morgan fingerprint density at radius 3 is 2.50 bits per heavy atom. The van der Waals surface area contributed by atoms with Gasteiger partial charge in [0.15, 0.2) is 0 Å². The third-order valence-electron chi connectivity index (χ3n) is 2.19. The Labute approximate surface area is 109 Å². The summed E-state index contributed by atoms with van der Waals surface area (Å²) in [6.45, 7) is 0. The third-order valence-corrected chi connectivity index (χ3v) is 2.40. The van der Waals surface area contributed by atoms with Crippen molar-refractivity contribution in [1.29, 1.82) is 0 Å². The molecular formula is C13H10ClNO3. The minimum absolute atomic E-state index is 0.360. The van der Waals surface area contributed by atoms with Crippen molar-refractivity contribution in [3.63, 3.8) is 0 Å². The lowest BCUT2D eigenvalue weighted by Gasteiger charge is -2.05. The summed E-state index contributed by atoms with van der Waals surface area (Å²) in [5.41, 5.74) is 0.462. The van der Waals surface area contributed by atoms with E-state index in [2.05, 4.69) is 9.72 Å². The smallest absolute Gasteiger partial charge is 0.337 e. The highest BCUT2D eigenvalue weighted by Crippen LogP contribution is 2.21. The van der Waals surface area contributed by atoms with E-state index in [0.717, 1.165) is 0 Å². The van der Waals surface area contributed by atoms with Gasteiger partial charge in [-0.3, -0.25) is 0 Å². The summed E-state index contributed by atoms with van der Waals surface area (Å²) in [4.78, 5) is 15.2. The zero-order valence-corrected chi connectivity index (χ0v) is 10.3. The van der Waals surface area contributed by atoms with Crippen LogP contribution in [-0.4, -0.2) is 18.1 Å². The lowest BCUT2D eigenvalue weighted by Crippen LogP contribution is -2.00.